The molecule has 0 aliphatic carbocycles. The molecule has 0 N–H and O–H groups in total. The third-order valence-corrected chi connectivity index (χ3v) is 0. The summed E-state index contributed by atoms with van der Waals surface area (Å²) in [6.07, 6.45) is 0. The van der Waals surface area contributed by atoms with Gasteiger partial charge in [0, 0.05) is 0 Å². The summed E-state index contributed by atoms with van der Waals surface area (Å²) in [5.41, 5.74) is 0. The van der Waals surface area contributed by atoms with Gasteiger partial charge < -0.3 is 13.5 Å². The van der Waals surface area contributed by atoms with E-state index in [1.54, 1.807) is 0 Å². The normalized spacial score (nSPS) is 1.50. The summed E-state index contributed by atoms with van der Waals surface area (Å²) in [5.74, 6) is 0. The monoisotopic (exact) mass is 65.0 g/mol. The molecule has 0 rings (SSSR count). The third-order valence-electron chi connectivity index (χ3n) is 0. The SMILES string of the molecule is C[O-].[B-].[Na+]. The molecular formula is CH3BNaO-. The first-order chi connectivity index (χ1) is 1.00. The molecule has 4 radical (unpaired) electrons. The van der Waals surface area contributed by atoms with Gasteiger partial charge in [-0.3, -0.25) is 0 Å². The van der Waals surface area contributed by atoms with Crippen molar-refractivity contribution < 1.29 is 34.7 Å². The predicted molar refractivity (Wildman–Crippen MR) is 11.7 cm³/mol. The van der Waals surface area contributed by atoms with Gasteiger partial charge in [-0.05, 0) is 0 Å². The van der Waals surface area contributed by atoms with Crippen LogP contribution >= 0.6 is 0 Å². The Balaban J connectivity index is -0.00000000500. The number of hydrogen-bond donors (Lipinski definition) is 0. The van der Waals surface area contributed by atoms with Crippen LogP contribution in [-0.4, -0.2) is 15.5 Å². The van der Waals surface area contributed by atoms with E-state index in [0.29, 0.717) is 0 Å². The van der Waals surface area contributed by atoms with Gasteiger partial charge >= 0.3 is 29.6 Å². The first-order valence-corrected chi connectivity index (χ1v) is 0.408. The molecule has 0 aromatic heterocycles. The molecule has 0 unspecified atom stereocenters. The summed E-state index contributed by atoms with van der Waals surface area (Å²) in [6, 6.07) is 0. The molecule has 0 aliphatic heterocycles. The van der Waals surface area contributed by atoms with Crippen LogP contribution in [0.1, 0.15) is 0 Å². The van der Waals surface area contributed by atoms with Crippen LogP contribution < -0.4 is 34.7 Å². The molecule has 0 bridgehead atoms. The summed E-state index contributed by atoms with van der Waals surface area (Å²) in [7, 11) is 0.750. The Morgan fingerprint density at radius 3 is 1.25 bits per heavy atom. The van der Waals surface area contributed by atoms with E-state index in [1.807, 2.05) is 0 Å². The van der Waals surface area contributed by atoms with Crippen molar-refractivity contribution >= 4 is 8.41 Å². The van der Waals surface area contributed by atoms with E-state index in [-0.39, 0.29) is 38.0 Å². The number of rotatable bonds is 0. The maximum atomic E-state index is 8.25. The smallest absolute Gasteiger partial charge is 1.00 e. The molecule has 0 atom stereocenters. The van der Waals surface area contributed by atoms with E-state index < -0.39 is 0 Å². The molecule has 0 saturated heterocycles. The zero-order valence-electron chi connectivity index (χ0n) is 2.99. The van der Waals surface area contributed by atoms with Crippen LogP contribution in [0, 0.1) is 0 Å². The topological polar surface area (TPSA) is 23.1 Å². The first-order valence-electron chi connectivity index (χ1n) is 0.408. The number of hydrogen-bond acceptors (Lipinski definition) is 1. The summed E-state index contributed by atoms with van der Waals surface area (Å²) in [5, 5.41) is 8.25. The van der Waals surface area contributed by atoms with E-state index in [4.69, 9.17) is 5.11 Å². The van der Waals surface area contributed by atoms with Crippen molar-refractivity contribution in [2.45, 2.75) is 0 Å². The van der Waals surface area contributed by atoms with Gasteiger partial charge in [0.15, 0.2) is 0 Å². The van der Waals surface area contributed by atoms with E-state index >= 15 is 0 Å². The molecule has 0 aromatic rings. The Morgan fingerprint density at radius 1 is 1.25 bits per heavy atom. The van der Waals surface area contributed by atoms with Crippen LogP contribution in [-0.2, 0) is 0 Å². The maximum absolute atomic E-state index is 8.25. The van der Waals surface area contributed by atoms with E-state index in [9.17, 15) is 0 Å². The van der Waals surface area contributed by atoms with Gasteiger partial charge in [0.2, 0.25) is 0 Å². The Bertz CT molecular complexity index is 8.00. The Kier molecular flexibility index (Phi) is 174. The van der Waals surface area contributed by atoms with Gasteiger partial charge in [-0.25, -0.2) is 0 Å². The van der Waals surface area contributed by atoms with Crippen molar-refractivity contribution in [2.24, 2.45) is 0 Å². The van der Waals surface area contributed by atoms with Crippen LogP contribution in [0.4, 0.5) is 0 Å². The molecule has 18 valence electrons. The van der Waals surface area contributed by atoms with Gasteiger partial charge in [0.1, 0.15) is 0 Å². The van der Waals surface area contributed by atoms with Gasteiger partial charge in [0.25, 0.3) is 0 Å². The van der Waals surface area contributed by atoms with E-state index in [2.05, 4.69) is 0 Å². The fraction of sp³-hybridized carbons (Fsp3) is 1.00. The van der Waals surface area contributed by atoms with Gasteiger partial charge in [-0.15, -0.1) is 0 Å². The van der Waals surface area contributed by atoms with Crippen LogP contribution in [0.2, 0.25) is 0 Å². The minimum atomic E-state index is 0. The van der Waals surface area contributed by atoms with Crippen molar-refractivity contribution in [1.82, 2.24) is 0 Å². The van der Waals surface area contributed by atoms with Crippen molar-refractivity contribution in [1.29, 1.82) is 0 Å². The van der Waals surface area contributed by atoms with Crippen molar-refractivity contribution in [3.05, 3.63) is 0 Å². The molecule has 0 saturated carbocycles. The first kappa shape index (κ1) is 19.9. The summed E-state index contributed by atoms with van der Waals surface area (Å²) in [6.45, 7) is 0. The fourth-order valence-corrected chi connectivity index (χ4v) is 0. The molecule has 1 nitrogen and oxygen atoms in total. The van der Waals surface area contributed by atoms with Crippen molar-refractivity contribution in [3.8, 4) is 0 Å². The van der Waals surface area contributed by atoms with Gasteiger partial charge in [-0.2, -0.15) is 7.11 Å². The largest absolute Gasteiger partial charge is 1.00 e. The molecule has 3 heteroatoms. The molecule has 0 heterocycles. The molecule has 0 aromatic carbocycles. The minimum absolute atomic E-state index is 0. The quantitative estimate of drug-likeness (QED) is 0.261. The average Bonchev–Trinajstić information content (AvgIpc) is 1.00. The molecular weight excluding hydrogens is 61.8 g/mol. The second-order valence-electron chi connectivity index (χ2n) is 0. The van der Waals surface area contributed by atoms with Crippen molar-refractivity contribution in [2.75, 3.05) is 7.11 Å². The van der Waals surface area contributed by atoms with Crippen LogP contribution in [0.5, 0.6) is 0 Å². The van der Waals surface area contributed by atoms with Crippen LogP contribution in [0.25, 0.3) is 0 Å². The van der Waals surface area contributed by atoms with E-state index in [0.717, 1.165) is 7.11 Å². The summed E-state index contributed by atoms with van der Waals surface area (Å²) in [4.78, 5) is 0. The van der Waals surface area contributed by atoms with Crippen molar-refractivity contribution in [3.63, 3.8) is 0 Å². The predicted octanol–water partition coefficient (Wildman–Crippen LogP) is -4.40. The van der Waals surface area contributed by atoms with E-state index in [1.165, 1.54) is 0 Å². The molecule has 4 heavy (non-hydrogen) atoms. The second-order valence-corrected chi connectivity index (χ2v) is 0. The van der Waals surface area contributed by atoms with Gasteiger partial charge in [0.05, 0.1) is 0 Å². The summed E-state index contributed by atoms with van der Waals surface area (Å²) >= 11 is 0. The standard InChI is InChI=1S/CH3O.B.Na/c1-2;;/h1H3;;/q2*-1;+1. The second kappa shape index (κ2) is 35.1. The maximum Gasteiger partial charge on any atom is 1.00 e. The summed E-state index contributed by atoms with van der Waals surface area (Å²) < 4.78 is 0. The molecule has 0 spiro atoms. The third kappa shape index (κ3) is 11.8. The van der Waals surface area contributed by atoms with Crippen LogP contribution in [0.3, 0.4) is 0 Å². The molecule has 0 aliphatic rings. The average molecular weight is 64.8 g/mol. The zero-order valence-corrected chi connectivity index (χ0v) is 4.99. The Labute approximate surface area is 50.3 Å². The molecule has 0 fully saturated rings. The molecule has 0 amide bonds. The Hall–Kier alpha value is 1.02. The minimum Gasteiger partial charge on any atom is -1.00 e. The van der Waals surface area contributed by atoms with Gasteiger partial charge in [-0.1, -0.05) is 0 Å². The fourth-order valence-electron chi connectivity index (χ4n) is 0. The van der Waals surface area contributed by atoms with Crippen LogP contribution in [0.15, 0.2) is 0 Å². The Morgan fingerprint density at radius 2 is 1.25 bits per heavy atom. The zero-order chi connectivity index (χ0) is 2.00.